The molecule has 2 heterocycles. The number of thioether (sulfide) groups is 1. The first-order chi connectivity index (χ1) is 13.0. The minimum atomic E-state index is -1.81. The molecular formula is C18H20N2O7S. The molecule has 1 aromatic rings. The molecule has 0 aromatic heterocycles. The van der Waals surface area contributed by atoms with E-state index in [2.05, 4.69) is 5.32 Å². The van der Waals surface area contributed by atoms with Gasteiger partial charge in [0.15, 0.2) is 12.4 Å². The van der Waals surface area contributed by atoms with Gasteiger partial charge in [-0.05, 0) is 32.9 Å². The normalized spacial score (nSPS) is 27.5. The number of aliphatic carboxylic acids is 1. The second-order valence-electron chi connectivity index (χ2n) is 7.23. The van der Waals surface area contributed by atoms with Gasteiger partial charge in [-0.25, -0.2) is 4.79 Å². The van der Waals surface area contributed by atoms with E-state index in [1.54, 1.807) is 13.8 Å². The van der Waals surface area contributed by atoms with Crippen LogP contribution in [-0.2, 0) is 19.2 Å². The van der Waals surface area contributed by atoms with Crippen LogP contribution in [0.25, 0.3) is 0 Å². The number of aromatic hydroxyl groups is 1. The Hall–Kier alpha value is -2.75. The second kappa shape index (κ2) is 6.69. The van der Waals surface area contributed by atoms with Gasteiger partial charge >= 0.3 is 5.97 Å². The van der Waals surface area contributed by atoms with Crippen LogP contribution in [0.15, 0.2) is 24.3 Å². The van der Waals surface area contributed by atoms with Crippen molar-refractivity contribution in [3.8, 4) is 11.5 Å². The number of phenolic OH excluding ortho intramolecular Hbond substituents is 1. The van der Waals surface area contributed by atoms with E-state index in [1.165, 1.54) is 43.0 Å². The lowest BCUT2D eigenvalue weighted by Crippen LogP contribution is -2.82. The zero-order valence-corrected chi connectivity index (χ0v) is 16.3. The van der Waals surface area contributed by atoms with Gasteiger partial charge in [0.05, 0.1) is 0 Å². The first-order valence-corrected chi connectivity index (χ1v) is 9.36. The number of phenols is 1. The van der Waals surface area contributed by atoms with Crippen LogP contribution in [0.2, 0.25) is 0 Å². The quantitative estimate of drug-likeness (QED) is 0.454. The van der Waals surface area contributed by atoms with Crippen LogP contribution in [0.4, 0.5) is 0 Å². The van der Waals surface area contributed by atoms with Crippen molar-refractivity contribution in [2.45, 2.75) is 42.5 Å². The van der Waals surface area contributed by atoms with Crippen LogP contribution < -0.4 is 10.1 Å². The summed E-state index contributed by atoms with van der Waals surface area (Å²) in [5, 5.41) is 20.6. The third-order valence-electron chi connectivity index (χ3n) is 4.86. The molecule has 3 atom stereocenters. The van der Waals surface area contributed by atoms with Crippen molar-refractivity contribution < 1.29 is 34.1 Å². The average molecular weight is 408 g/mol. The first-order valence-electron chi connectivity index (χ1n) is 8.48. The fourth-order valence-corrected chi connectivity index (χ4v) is 5.32. The highest BCUT2D eigenvalue weighted by atomic mass is 32.2. The highest BCUT2D eigenvalue weighted by molar-refractivity contribution is 8.01. The number of nitrogens with one attached hydrogen (secondary N) is 1. The van der Waals surface area contributed by atoms with Gasteiger partial charge in [-0.3, -0.25) is 14.4 Å². The fraction of sp³-hybridized carbons (Fsp3) is 0.444. The lowest BCUT2D eigenvalue weighted by atomic mass is 9.81. The van der Waals surface area contributed by atoms with Gasteiger partial charge < -0.3 is 25.2 Å². The predicted molar refractivity (Wildman–Crippen MR) is 98.9 cm³/mol. The number of rotatable bonds is 6. The predicted octanol–water partition coefficient (Wildman–Crippen LogP) is 0.362. The standard InChI is InChI=1S/C18H20N2O7S/c1-9(21)18(19-12(23)8-27-11-6-4-5-10(22)7-11)15(26)20-13(14(24)25)17(2,3)28-16(18)20/h4-7,13,16,22H,8H2,1-3H3,(H,19,23)(H,24,25)/t13-,16+,18?/m0/s1. The Kier molecular flexibility index (Phi) is 4.78. The zero-order chi connectivity index (χ0) is 20.9. The summed E-state index contributed by atoms with van der Waals surface area (Å²) in [7, 11) is 0. The van der Waals surface area contributed by atoms with Crippen LogP contribution in [0.1, 0.15) is 20.8 Å². The van der Waals surface area contributed by atoms with Crippen molar-refractivity contribution in [3.05, 3.63) is 24.3 Å². The topological polar surface area (TPSA) is 133 Å². The van der Waals surface area contributed by atoms with E-state index in [4.69, 9.17) is 4.74 Å². The number of fused-ring (bicyclic) bond motifs is 1. The number of Topliss-reactive ketones (excluding diaryl/α,β-unsaturated/α-hetero) is 1. The van der Waals surface area contributed by atoms with Crippen molar-refractivity contribution in [1.82, 2.24) is 10.2 Å². The molecule has 2 saturated heterocycles. The number of β-lactam (4-membered cyclic amide) rings is 1. The summed E-state index contributed by atoms with van der Waals surface area (Å²) in [4.78, 5) is 50.3. The molecule has 1 unspecified atom stereocenters. The molecule has 2 amide bonds. The lowest BCUT2D eigenvalue weighted by molar-refractivity contribution is -0.172. The molecule has 0 bridgehead atoms. The van der Waals surface area contributed by atoms with Crippen LogP contribution in [0, 0.1) is 0 Å². The van der Waals surface area contributed by atoms with Crippen LogP contribution in [0.5, 0.6) is 11.5 Å². The van der Waals surface area contributed by atoms with Crippen molar-refractivity contribution in [2.24, 2.45) is 0 Å². The molecule has 0 spiro atoms. The lowest BCUT2D eigenvalue weighted by Gasteiger charge is -2.51. The maximum atomic E-state index is 12.8. The van der Waals surface area contributed by atoms with Gasteiger partial charge in [-0.15, -0.1) is 11.8 Å². The Balaban J connectivity index is 1.77. The third kappa shape index (κ3) is 2.97. The summed E-state index contributed by atoms with van der Waals surface area (Å²) in [5.41, 5.74) is -1.81. The Morgan fingerprint density at radius 3 is 2.57 bits per heavy atom. The minimum absolute atomic E-state index is 0.0350. The summed E-state index contributed by atoms with van der Waals surface area (Å²) in [6.45, 7) is 4.07. The number of ether oxygens (including phenoxy) is 1. The molecule has 0 saturated carbocycles. The van der Waals surface area contributed by atoms with Crippen molar-refractivity contribution in [2.75, 3.05) is 6.61 Å². The molecule has 9 nitrogen and oxygen atoms in total. The minimum Gasteiger partial charge on any atom is -0.508 e. The van der Waals surface area contributed by atoms with Gasteiger partial charge in [-0.1, -0.05) is 6.07 Å². The molecule has 0 radical (unpaired) electrons. The average Bonchev–Trinajstić information content (AvgIpc) is 2.86. The summed E-state index contributed by atoms with van der Waals surface area (Å²) < 4.78 is 4.45. The Labute approximate surface area is 165 Å². The van der Waals surface area contributed by atoms with Crippen molar-refractivity contribution in [1.29, 1.82) is 0 Å². The monoisotopic (exact) mass is 408 g/mol. The van der Waals surface area contributed by atoms with E-state index >= 15 is 0 Å². The highest BCUT2D eigenvalue weighted by Crippen LogP contribution is 2.55. The maximum absolute atomic E-state index is 12.8. The number of carbonyl (C=O) groups excluding carboxylic acids is 3. The number of carboxylic acids is 1. The molecule has 3 rings (SSSR count). The van der Waals surface area contributed by atoms with Crippen molar-refractivity contribution in [3.63, 3.8) is 0 Å². The van der Waals surface area contributed by atoms with Gasteiger partial charge in [-0.2, -0.15) is 0 Å². The number of hydrogen-bond donors (Lipinski definition) is 3. The number of carboxylic acid groups (broad SMARTS) is 1. The van der Waals surface area contributed by atoms with E-state index < -0.39 is 51.9 Å². The van der Waals surface area contributed by atoms with Gasteiger partial charge in [0.2, 0.25) is 5.54 Å². The molecule has 3 N–H and O–H groups in total. The smallest absolute Gasteiger partial charge is 0.327 e. The SMILES string of the molecule is CC(=O)C1(NC(=O)COc2cccc(O)c2)C(=O)N2[C@@H](C(=O)O)C(C)(C)S[C@@H]21. The third-order valence-corrected chi connectivity index (χ3v) is 6.50. The molecule has 1 aromatic carbocycles. The Bertz CT molecular complexity index is 871. The van der Waals surface area contributed by atoms with Crippen LogP contribution in [-0.4, -0.2) is 67.0 Å². The molecule has 150 valence electrons. The summed E-state index contributed by atoms with van der Waals surface area (Å²) in [6.07, 6.45) is 0. The van der Waals surface area contributed by atoms with Gasteiger partial charge in [0.25, 0.3) is 11.8 Å². The number of carbonyl (C=O) groups is 4. The second-order valence-corrected chi connectivity index (χ2v) is 8.96. The Morgan fingerprint density at radius 2 is 2.00 bits per heavy atom. The number of ketones is 1. The van der Waals surface area contributed by atoms with Crippen LogP contribution >= 0.6 is 11.8 Å². The molecule has 2 aliphatic heterocycles. The number of amides is 2. The van der Waals surface area contributed by atoms with Crippen molar-refractivity contribution >= 4 is 35.3 Å². The maximum Gasteiger partial charge on any atom is 0.327 e. The highest BCUT2D eigenvalue weighted by Gasteiger charge is 2.74. The first kappa shape index (κ1) is 20.0. The summed E-state index contributed by atoms with van der Waals surface area (Å²) in [5.74, 6) is -2.96. The van der Waals surface area contributed by atoms with Gasteiger partial charge in [0, 0.05) is 10.8 Å². The van der Waals surface area contributed by atoms with E-state index in [1.807, 2.05) is 0 Å². The van der Waals surface area contributed by atoms with E-state index in [0.29, 0.717) is 0 Å². The number of hydrogen-bond acceptors (Lipinski definition) is 7. The largest absolute Gasteiger partial charge is 0.508 e. The summed E-state index contributed by atoms with van der Waals surface area (Å²) in [6, 6.07) is 4.74. The Morgan fingerprint density at radius 1 is 1.32 bits per heavy atom. The molecule has 2 fully saturated rings. The van der Waals surface area contributed by atoms with E-state index in [9.17, 15) is 29.4 Å². The fourth-order valence-electron chi connectivity index (χ4n) is 3.57. The molecule has 0 aliphatic carbocycles. The summed E-state index contributed by atoms with van der Waals surface area (Å²) >= 11 is 1.17. The van der Waals surface area contributed by atoms with E-state index in [-0.39, 0.29) is 11.5 Å². The molecule has 28 heavy (non-hydrogen) atoms. The zero-order valence-electron chi connectivity index (χ0n) is 15.5. The molecule has 10 heteroatoms. The molecular weight excluding hydrogens is 388 g/mol. The number of nitrogens with zero attached hydrogens (tertiary/aromatic N) is 1. The van der Waals surface area contributed by atoms with Crippen LogP contribution in [0.3, 0.4) is 0 Å². The van der Waals surface area contributed by atoms with Gasteiger partial charge in [0.1, 0.15) is 22.9 Å². The number of benzene rings is 1. The molecule has 2 aliphatic rings. The van der Waals surface area contributed by atoms with E-state index in [0.717, 1.165) is 4.90 Å².